The number of hydrogen-bond donors (Lipinski definition) is 0. The summed E-state index contributed by atoms with van der Waals surface area (Å²) in [6.07, 6.45) is 3.48. The highest BCUT2D eigenvalue weighted by Crippen LogP contribution is 2.48. The van der Waals surface area contributed by atoms with Gasteiger partial charge in [0.2, 0.25) is 0 Å². The van der Waals surface area contributed by atoms with E-state index < -0.39 is 0 Å². The molecule has 3 aliphatic rings. The zero-order valence-corrected chi connectivity index (χ0v) is 11.0. The van der Waals surface area contributed by atoms with Gasteiger partial charge in [0.05, 0.1) is 0 Å². The normalized spacial score (nSPS) is 39.2. The molecule has 2 aliphatic carbocycles. The Morgan fingerprint density at radius 2 is 2.00 bits per heavy atom. The van der Waals surface area contributed by atoms with E-state index in [0.29, 0.717) is 18.3 Å². The number of allylic oxidation sites excluding steroid dienone is 2. The molecule has 4 unspecified atom stereocenters. The summed E-state index contributed by atoms with van der Waals surface area (Å²) in [4.78, 5) is 23.5. The van der Waals surface area contributed by atoms with Crippen molar-refractivity contribution in [3.63, 3.8) is 0 Å². The molecule has 96 valence electrons. The lowest BCUT2D eigenvalue weighted by Gasteiger charge is -2.41. The number of carbonyl (C=O) groups excluding carboxylic acids is 2. The third kappa shape index (κ3) is 1.49. The molecule has 0 saturated heterocycles. The van der Waals surface area contributed by atoms with Crippen LogP contribution in [0.5, 0.6) is 0 Å². The molecular formula is C15H18O3. The first-order valence-corrected chi connectivity index (χ1v) is 6.62. The molecule has 18 heavy (non-hydrogen) atoms. The highest BCUT2D eigenvalue weighted by atomic mass is 16.5. The van der Waals surface area contributed by atoms with Crippen LogP contribution in [0.1, 0.15) is 33.6 Å². The zero-order valence-electron chi connectivity index (χ0n) is 11.0. The Balaban J connectivity index is 2.08. The van der Waals surface area contributed by atoms with E-state index in [1.165, 1.54) is 0 Å². The molecule has 3 heteroatoms. The van der Waals surface area contributed by atoms with Crippen LogP contribution >= 0.6 is 0 Å². The van der Waals surface area contributed by atoms with E-state index in [2.05, 4.69) is 13.0 Å². The van der Waals surface area contributed by atoms with E-state index in [4.69, 9.17) is 4.74 Å². The van der Waals surface area contributed by atoms with Gasteiger partial charge in [-0.2, -0.15) is 0 Å². The lowest BCUT2D eigenvalue weighted by Crippen LogP contribution is -2.38. The number of esters is 1. The first kappa shape index (κ1) is 11.7. The Morgan fingerprint density at radius 3 is 2.72 bits per heavy atom. The van der Waals surface area contributed by atoms with Crippen molar-refractivity contribution in [3.8, 4) is 0 Å². The Hall–Kier alpha value is -1.38. The number of Topliss-reactive ketones (excluding diaryl/α,β-unsaturated/α-hetero) is 1. The topological polar surface area (TPSA) is 43.4 Å². The Bertz CT molecular complexity index is 498. The van der Waals surface area contributed by atoms with Gasteiger partial charge in [0.15, 0.2) is 5.78 Å². The van der Waals surface area contributed by atoms with Crippen LogP contribution in [0.2, 0.25) is 0 Å². The van der Waals surface area contributed by atoms with Crippen LogP contribution in [0.4, 0.5) is 0 Å². The predicted molar refractivity (Wildman–Crippen MR) is 66.7 cm³/mol. The largest absolute Gasteiger partial charge is 0.454 e. The number of carbonyl (C=O) groups is 2. The summed E-state index contributed by atoms with van der Waals surface area (Å²) in [7, 11) is 0. The van der Waals surface area contributed by atoms with Crippen molar-refractivity contribution in [2.75, 3.05) is 0 Å². The summed E-state index contributed by atoms with van der Waals surface area (Å²) >= 11 is 0. The van der Waals surface area contributed by atoms with Gasteiger partial charge in [-0.05, 0) is 43.3 Å². The minimum Gasteiger partial charge on any atom is -0.454 e. The van der Waals surface area contributed by atoms with E-state index in [-0.39, 0.29) is 23.8 Å². The Kier molecular flexibility index (Phi) is 2.47. The number of rotatable bonds is 0. The minimum atomic E-state index is -0.175. The molecule has 0 bridgehead atoms. The number of ketones is 1. The maximum atomic E-state index is 11.8. The molecule has 4 atom stereocenters. The van der Waals surface area contributed by atoms with Gasteiger partial charge in [0.25, 0.3) is 0 Å². The Morgan fingerprint density at radius 1 is 1.28 bits per heavy atom. The van der Waals surface area contributed by atoms with Crippen molar-refractivity contribution in [1.29, 1.82) is 0 Å². The summed E-state index contributed by atoms with van der Waals surface area (Å²) < 4.78 is 5.43. The first-order chi connectivity index (χ1) is 8.49. The molecule has 1 heterocycles. The lowest BCUT2D eigenvalue weighted by molar-refractivity contribution is -0.141. The lowest BCUT2D eigenvalue weighted by atomic mass is 9.63. The molecule has 0 spiro atoms. The van der Waals surface area contributed by atoms with E-state index in [9.17, 15) is 9.59 Å². The maximum absolute atomic E-state index is 11.8. The summed E-state index contributed by atoms with van der Waals surface area (Å²) in [6.45, 7) is 5.89. The van der Waals surface area contributed by atoms with Gasteiger partial charge in [0, 0.05) is 17.9 Å². The molecule has 1 saturated carbocycles. The molecule has 1 fully saturated rings. The second-order valence-corrected chi connectivity index (χ2v) is 5.85. The molecule has 1 aliphatic heterocycles. The van der Waals surface area contributed by atoms with Crippen molar-refractivity contribution in [3.05, 3.63) is 22.8 Å². The van der Waals surface area contributed by atoms with Gasteiger partial charge in [-0.3, -0.25) is 4.79 Å². The van der Waals surface area contributed by atoms with Crippen LogP contribution in [0, 0.1) is 17.8 Å². The highest BCUT2D eigenvalue weighted by Gasteiger charge is 2.47. The van der Waals surface area contributed by atoms with Gasteiger partial charge >= 0.3 is 5.97 Å². The molecule has 3 nitrogen and oxygen atoms in total. The number of ether oxygens (including phenoxy) is 1. The van der Waals surface area contributed by atoms with E-state index in [0.717, 1.165) is 23.1 Å². The summed E-state index contributed by atoms with van der Waals surface area (Å²) in [5.74, 6) is 1.08. The quantitative estimate of drug-likeness (QED) is 0.616. The van der Waals surface area contributed by atoms with Gasteiger partial charge in [-0.1, -0.05) is 13.0 Å². The van der Waals surface area contributed by atoms with E-state index >= 15 is 0 Å². The molecular weight excluding hydrogens is 228 g/mol. The maximum Gasteiger partial charge on any atom is 0.334 e. The zero-order chi connectivity index (χ0) is 13.0. The monoisotopic (exact) mass is 246 g/mol. The first-order valence-electron chi connectivity index (χ1n) is 6.62. The SMILES string of the molecule is CC1=CC2C3=C(C)C(=O)OC3CC(C)C2CC1=O. The van der Waals surface area contributed by atoms with Gasteiger partial charge in [-0.15, -0.1) is 0 Å². The molecule has 0 amide bonds. The van der Waals surface area contributed by atoms with Crippen LogP contribution in [0.15, 0.2) is 22.8 Å². The second kappa shape index (κ2) is 3.81. The van der Waals surface area contributed by atoms with Crippen LogP contribution in [0.3, 0.4) is 0 Å². The molecule has 0 aromatic heterocycles. The predicted octanol–water partition coefficient (Wildman–Crippen LogP) is 2.42. The third-order valence-corrected chi connectivity index (χ3v) is 4.76. The van der Waals surface area contributed by atoms with Crippen molar-refractivity contribution in [2.45, 2.75) is 39.7 Å². The summed E-state index contributed by atoms with van der Waals surface area (Å²) in [5, 5.41) is 0. The average Bonchev–Trinajstić information content (AvgIpc) is 2.58. The molecule has 0 radical (unpaired) electrons. The third-order valence-electron chi connectivity index (χ3n) is 4.76. The number of hydrogen-bond acceptors (Lipinski definition) is 3. The van der Waals surface area contributed by atoms with Crippen molar-refractivity contribution in [1.82, 2.24) is 0 Å². The van der Waals surface area contributed by atoms with Crippen LogP contribution < -0.4 is 0 Å². The van der Waals surface area contributed by atoms with Crippen LogP contribution in [-0.2, 0) is 14.3 Å². The molecule has 0 aromatic carbocycles. The van der Waals surface area contributed by atoms with E-state index in [1.54, 1.807) is 0 Å². The Labute approximate surface area is 107 Å². The fraction of sp³-hybridized carbons (Fsp3) is 0.600. The van der Waals surface area contributed by atoms with Crippen molar-refractivity contribution in [2.24, 2.45) is 17.8 Å². The highest BCUT2D eigenvalue weighted by molar-refractivity contribution is 5.97. The average molecular weight is 246 g/mol. The summed E-state index contributed by atoms with van der Waals surface area (Å²) in [5.41, 5.74) is 2.74. The van der Waals surface area contributed by atoms with Crippen LogP contribution in [0.25, 0.3) is 0 Å². The fourth-order valence-corrected chi connectivity index (χ4v) is 3.66. The van der Waals surface area contributed by atoms with Crippen molar-refractivity contribution >= 4 is 11.8 Å². The van der Waals surface area contributed by atoms with Gasteiger partial charge in [-0.25, -0.2) is 4.79 Å². The van der Waals surface area contributed by atoms with E-state index in [1.807, 2.05) is 13.8 Å². The number of fused-ring (bicyclic) bond motifs is 3. The van der Waals surface area contributed by atoms with Gasteiger partial charge < -0.3 is 4.74 Å². The molecule has 0 N–H and O–H groups in total. The molecule has 3 rings (SSSR count). The minimum absolute atomic E-state index is 0.0500. The second-order valence-electron chi connectivity index (χ2n) is 5.85. The van der Waals surface area contributed by atoms with Crippen LogP contribution in [-0.4, -0.2) is 17.9 Å². The molecule has 0 aromatic rings. The smallest absolute Gasteiger partial charge is 0.334 e. The summed E-state index contributed by atoms with van der Waals surface area (Å²) in [6, 6.07) is 0. The van der Waals surface area contributed by atoms with Gasteiger partial charge in [0.1, 0.15) is 6.10 Å². The standard InChI is InChI=1S/C15H18O3/c1-7-5-13-14(9(3)15(17)18-13)11-4-8(2)12(16)6-10(7)11/h4,7,10-11,13H,5-6H2,1-3H3. The fourth-order valence-electron chi connectivity index (χ4n) is 3.66. The van der Waals surface area contributed by atoms with Crippen molar-refractivity contribution < 1.29 is 14.3 Å².